The molecule has 0 amide bonds. The lowest BCUT2D eigenvalue weighted by molar-refractivity contribution is 0.412. The maximum absolute atomic E-state index is 5.46. The molecule has 5 nitrogen and oxygen atoms in total. The van der Waals surface area contributed by atoms with E-state index in [0.29, 0.717) is 17.0 Å². The van der Waals surface area contributed by atoms with E-state index in [1.807, 2.05) is 54.6 Å². The van der Waals surface area contributed by atoms with Gasteiger partial charge in [-0.25, -0.2) is 9.97 Å². The Labute approximate surface area is 164 Å². The molecule has 1 aromatic heterocycles. The first-order valence-electron chi connectivity index (χ1n) is 9.44. The van der Waals surface area contributed by atoms with Gasteiger partial charge in [0.2, 0.25) is 0 Å². The largest absolute Gasteiger partial charge is 0.359 e. The van der Waals surface area contributed by atoms with Gasteiger partial charge in [0, 0.05) is 11.6 Å². The van der Waals surface area contributed by atoms with Gasteiger partial charge in [0.05, 0.1) is 11.0 Å². The van der Waals surface area contributed by atoms with Crippen LogP contribution in [0.3, 0.4) is 0 Å². The van der Waals surface area contributed by atoms with Gasteiger partial charge in [0.1, 0.15) is 5.69 Å². The number of nitrogens with one attached hydrogen (secondary N) is 3. The Kier molecular flexibility index (Phi) is 5.44. The molecule has 1 aliphatic rings. The molecule has 6 heteroatoms. The number of para-hydroxylation sites is 2. The minimum atomic E-state index is 0.455. The third-order valence-corrected chi connectivity index (χ3v) is 5.07. The molecule has 0 radical (unpaired) electrons. The normalized spacial score (nSPS) is 14.7. The number of benzene rings is 2. The lowest BCUT2D eigenvalue weighted by Gasteiger charge is -2.24. The molecule has 1 saturated carbocycles. The Hall–Kier alpha value is -2.73. The second-order valence-electron chi connectivity index (χ2n) is 6.83. The SMILES string of the molecule is S=C(NNc1nc2ccccc2nc1-c1ccccc1)NC1CCCCC1. The highest BCUT2D eigenvalue weighted by Gasteiger charge is 2.15. The number of rotatable bonds is 4. The highest BCUT2D eigenvalue weighted by Crippen LogP contribution is 2.26. The van der Waals surface area contributed by atoms with Crippen molar-refractivity contribution < 1.29 is 0 Å². The predicted molar refractivity (Wildman–Crippen MR) is 114 cm³/mol. The lowest BCUT2D eigenvalue weighted by Crippen LogP contribution is -2.45. The molecule has 0 atom stereocenters. The average molecular weight is 378 g/mol. The fourth-order valence-corrected chi connectivity index (χ4v) is 3.69. The van der Waals surface area contributed by atoms with E-state index in [-0.39, 0.29) is 0 Å². The summed E-state index contributed by atoms with van der Waals surface area (Å²) < 4.78 is 0. The van der Waals surface area contributed by atoms with Crippen LogP contribution < -0.4 is 16.2 Å². The summed E-state index contributed by atoms with van der Waals surface area (Å²) in [4.78, 5) is 9.56. The van der Waals surface area contributed by atoms with Gasteiger partial charge in [-0.3, -0.25) is 10.9 Å². The Morgan fingerprint density at radius 3 is 2.26 bits per heavy atom. The zero-order valence-corrected chi connectivity index (χ0v) is 15.9. The highest BCUT2D eigenvalue weighted by atomic mass is 32.1. The van der Waals surface area contributed by atoms with Crippen LogP contribution in [-0.4, -0.2) is 21.1 Å². The maximum Gasteiger partial charge on any atom is 0.185 e. The standard InChI is InChI=1S/C21H23N5S/c27-21(22-16-11-5-2-6-12-16)26-25-20-19(15-9-3-1-4-10-15)23-17-13-7-8-14-18(17)24-20/h1,3-4,7-10,13-14,16H,2,5-6,11-12H2,(H,24,25)(H2,22,26,27). The molecule has 0 aliphatic heterocycles. The van der Waals surface area contributed by atoms with Crippen LogP contribution in [0.1, 0.15) is 32.1 Å². The molecule has 1 fully saturated rings. The van der Waals surface area contributed by atoms with Crippen molar-refractivity contribution in [2.24, 2.45) is 0 Å². The Bertz CT molecular complexity index is 922. The van der Waals surface area contributed by atoms with Gasteiger partial charge in [0.15, 0.2) is 10.9 Å². The third-order valence-electron chi connectivity index (χ3n) is 4.85. The minimum absolute atomic E-state index is 0.455. The maximum atomic E-state index is 5.46. The van der Waals surface area contributed by atoms with E-state index in [9.17, 15) is 0 Å². The Morgan fingerprint density at radius 2 is 1.52 bits per heavy atom. The van der Waals surface area contributed by atoms with Gasteiger partial charge in [-0.15, -0.1) is 0 Å². The average Bonchev–Trinajstić information content (AvgIpc) is 2.73. The van der Waals surface area contributed by atoms with E-state index in [1.165, 1.54) is 32.1 Å². The summed E-state index contributed by atoms with van der Waals surface area (Å²) in [6.07, 6.45) is 6.20. The number of aromatic nitrogens is 2. The monoisotopic (exact) mass is 377 g/mol. The molecule has 1 aliphatic carbocycles. The highest BCUT2D eigenvalue weighted by molar-refractivity contribution is 7.80. The second kappa shape index (κ2) is 8.31. The molecule has 0 unspecified atom stereocenters. The van der Waals surface area contributed by atoms with Crippen LogP contribution in [0.5, 0.6) is 0 Å². The molecule has 0 saturated heterocycles. The van der Waals surface area contributed by atoms with Crippen LogP contribution >= 0.6 is 12.2 Å². The predicted octanol–water partition coefficient (Wildman–Crippen LogP) is 4.42. The van der Waals surface area contributed by atoms with Crippen LogP contribution in [0, 0.1) is 0 Å². The molecule has 0 spiro atoms. The van der Waals surface area contributed by atoms with Crippen molar-refractivity contribution in [3.63, 3.8) is 0 Å². The molecule has 0 bridgehead atoms. The molecule has 27 heavy (non-hydrogen) atoms. The van der Waals surface area contributed by atoms with Crippen molar-refractivity contribution in [2.45, 2.75) is 38.1 Å². The van der Waals surface area contributed by atoms with Gasteiger partial charge in [-0.2, -0.15) is 0 Å². The first kappa shape index (κ1) is 17.7. The number of thiocarbonyl (C=S) groups is 1. The van der Waals surface area contributed by atoms with E-state index in [4.69, 9.17) is 22.2 Å². The summed E-state index contributed by atoms with van der Waals surface area (Å²) >= 11 is 5.46. The fourth-order valence-electron chi connectivity index (χ4n) is 3.47. The zero-order valence-electron chi connectivity index (χ0n) is 15.1. The van der Waals surface area contributed by atoms with E-state index < -0.39 is 0 Å². The van der Waals surface area contributed by atoms with E-state index in [1.54, 1.807) is 0 Å². The number of fused-ring (bicyclic) bond motifs is 1. The van der Waals surface area contributed by atoms with Crippen molar-refractivity contribution in [1.82, 2.24) is 20.7 Å². The Morgan fingerprint density at radius 1 is 0.852 bits per heavy atom. The lowest BCUT2D eigenvalue weighted by atomic mass is 9.96. The molecular formula is C21H23N5S. The van der Waals surface area contributed by atoms with Crippen molar-refractivity contribution in [3.8, 4) is 11.3 Å². The molecular weight excluding hydrogens is 354 g/mol. The van der Waals surface area contributed by atoms with Crippen LogP contribution in [0.25, 0.3) is 22.3 Å². The third kappa shape index (κ3) is 4.34. The van der Waals surface area contributed by atoms with Crippen LogP contribution in [-0.2, 0) is 0 Å². The van der Waals surface area contributed by atoms with Crippen molar-refractivity contribution in [2.75, 3.05) is 5.43 Å². The number of anilines is 1. The van der Waals surface area contributed by atoms with E-state index in [2.05, 4.69) is 16.2 Å². The summed E-state index contributed by atoms with van der Waals surface area (Å²) in [5.41, 5.74) is 9.76. The van der Waals surface area contributed by atoms with Gasteiger partial charge in [-0.05, 0) is 37.2 Å². The molecule has 1 heterocycles. The van der Waals surface area contributed by atoms with Crippen LogP contribution in [0.4, 0.5) is 5.82 Å². The smallest absolute Gasteiger partial charge is 0.185 e. The van der Waals surface area contributed by atoms with Crippen molar-refractivity contribution >= 4 is 34.2 Å². The van der Waals surface area contributed by atoms with Gasteiger partial charge in [0.25, 0.3) is 0 Å². The molecule has 138 valence electrons. The molecule has 3 N–H and O–H groups in total. The number of nitrogens with zero attached hydrogens (tertiary/aromatic N) is 2. The van der Waals surface area contributed by atoms with E-state index >= 15 is 0 Å². The summed E-state index contributed by atoms with van der Waals surface area (Å²) in [7, 11) is 0. The molecule has 2 aromatic carbocycles. The zero-order chi connectivity index (χ0) is 18.5. The summed E-state index contributed by atoms with van der Waals surface area (Å²) in [6.45, 7) is 0. The minimum Gasteiger partial charge on any atom is -0.359 e. The first-order chi connectivity index (χ1) is 13.3. The van der Waals surface area contributed by atoms with E-state index in [0.717, 1.165) is 22.3 Å². The number of hydrogen-bond donors (Lipinski definition) is 3. The molecule has 4 rings (SSSR count). The Balaban J connectivity index is 1.55. The van der Waals surface area contributed by atoms with Crippen LogP contribution in [0.15, 0.2) is 54.6 Å². The van der Waals surface area contributed by atoms with Gasteiger partial charge >= 0.3 is 0 Å². The van der Waals surface area contributed by atoms with Crippen molar-refractivity contribution in [3.05, 3.63) is 54.6 Å². The summed E-state index contributed by atoms with van der Waals surface area (Å²) in [5.74, 6) is 0.660. The summed E-state index contributed by atoms with van der Waals surface area (Å²) in [5, 5.41) is 3.99. The van der Waals surface area contributed by atoms with Crippen molar-refractivity contribution in [1.29, 1.82) is 0 Å². The number of hydrazine groups is 1. The topological polar surface area (TPSA) is 61.9 Å². The number of hydrogen-bond acceptors (Lipinski definition) is 4. The second-order valence-corrected chi connectivity index (χ2v) is 7.24. The molecule has 3 aromatic rings. The van der Waals surface area contributed by atoms with Crippen LogP contribution in [0.2, 0.25) is 0 Å². The quantitative estimate of drug-likeness (QED) is 0.462. The van der Waals surface area contributed by atoms with Gasteiger partial charge < -0.3 is 5.32 Å². The summed E-state index contributed by atoms with van der Waals surface area (Å²) in [6, 6.07) is 18.4. The fraction of sp³-hybridized carbons (Fsp3) is 0.286. The van der Waals surface area contributed by atoms with Gasteiger partial charge in [-0.1, -0.05) is 61.7 Å². The first-order valence-corrected chi connectivity index (χ1v) is 9.85.